The summed E-state index contributed by atoms with van der Waals surface area (Å²) < 4.78 is 79.0. The van der Waals surface area contributed by atoms with Crippen LogP contribution in [0.5, 0.6) is 17.2 Å². The van der Waals surface area contributed by atoms with Crippen LogP contribution in [0.25, 0.3) is 10.1 Å². The van der Waals surface area contributed by atoms with Crippen LogP contribution >= 0.6 is 11.3 Å². The zero-order valence-electron chi connectivity index (χ0n) is 18.9. The second-order valence-electron chi connectivity index (χ2n) is 8.39. The molecule has 0 amide bonds. The van der Waals surface area contributed by atoms with Gasteiger partial charge in [0.1, 0.15) is 5.75 Å². The first-order valence-electron chi connectivity index (χ1n) is 9.96. The zero-order valence-corrected chi connectivity index (χ0v) is 21.5. The van der Waals surface area contributed by atoms with Crippen molar-refractivity contribution in [2.24, 2.45) is 0 Å². The third kappa shape index (κ3) is 5.06. The predicted octanol–water partition coefficient (Wildman–Crippen LogP) is 6.61. The van der Waals surface area contributed by atoms with Crippen LogP contribution < -0.4 is 13.3 Å². The van der Waals surface area contributed by atoms with Gasteiger partial charge in [0.15, 0.2) is 11.5 Å². The van der Waals surface area contributed by atoms with Crippen molar-refractivity contribution in [2.45, 2.75) is 70.6 Å². The van der Waals surface area contributed by atoms with Crippen LogP contribution in [0.4, 0.5) is 13.2 Å². The van der Waals surface area contributed by atoms with Crippen molar-refractivity contribution in [1.29, 1.82) is 0 Å². The molecule has 0 spiro atoms. The Morgan fingerprint density at radius 2 is 1.53 bits per heavy atom. The number of carbonyl (C=O) groups is 1. The highest BCUT2D eigenvalue weighted by atomic mass is 32.2. The minimum atomic E-state index is -5.95. The highest BCUT2D eigenvalue weighted by molar-refractivity contribution is 7.88. The van der Waals surface area contributed by atoms with E-state index in [1.165, 1.54) is 5.38 Å². The standard InChI is InChI=1S/C20H27F3O6S2Si/c1-11(2)32(12(3)4,13(5)6)29-15-8-16(28-31(25,26)20(21,22)23)19-17(27-14(7)24)10-30-18(19)9-15/h8-13H,1-7H3. The molecular weight excluding hydrogens is 485 g/mol. The molecule has 2 aromatic rings. The van der Waals surface area contributed by atoms with Gasteiger partial charge >= 0.3 is 21.6 Å². The highest BCUT2D eigenvalue weighted by Crippen LogP contribution is 2.47. The van der Waals surface area contributed by atoms with E-state index in [2.05, 4.69) is 4.18 Å². The number of rotatable bonds is 8. The van der Waals surface area contributed by atoms with Gasteiger partial charge in [-0.05, 0) is 22.7 Å². The number of hydrogen-bond acceptors (Lipinski definition) is 7. The van der Waals surface area contributed by atoms with Crippen LogP contribution in [-0.2, 0) is 14.9 Å². The third-order valence-electron chi connectivity index (χ3n) is 5.32. The minimum absolute atomic E-state index is 0.0451. The Bertz CT molecular complexity index is 1070. The predicted molar refractivity (Wildman–Crippen MR) is 120 cm³/mol. The largest absolute Gasteiger partial charge is 0.543 e. The summed E-state index contributed by atoms with van der Waals surface area (Å²) in [5, 5.41) is 1.36. The van der Waals surface area contributed by atoms with Crippen LogP contribution in [0.15, 0.2) is 17.5 Å². The molecule has 0 fully saturated rings. The SMILES string of the molecule is CC(=O)Oc1csc2cc(O[Si](C(C)C)(C(C)C)C(C)C)cc(OS(=O)(=O)C(F)(F)F)c12. The van der Waals surface area contributed by atoms with E-state index in [4.69, 9.17) is 9.16 Å². The lowest BCUT2D eigenvalue weighted by Gasteiger charge is -2.42. The first-order valence-corrected chi connectivity index (χ1v) is 14.4. The maximum Gasteiger partial charge on any atom is 0.534 e. The smallest absolute Gasteiger partial charge is 0.534 e. The van der Waals surface area contributed by atoms with Crippen molar-refractivity contribution in [3.05, 3.63) is 17.5 Å². The van der Waals surface area contributed by atoms with Crippen molar-refractivity contribution >= 4 is 45.8 Å². The summed E-state index contributed by atoms with van der Waals surface area (Å²) >= 11 is 1.07. The van der Waals surface area contributed by atoms with E-state index < -0.39 is 35.7 Å². The summed E-state index contributed by atoms with van der Waals surface area (Å²) in [5.41, 5.74) is -5.12. The van der Waals surface area contributed by atoms with Crippen molar-refractivity contribution < 1.29 is 39.7 Å². The van der Waals surface area contributed by atoms with Gasteiger partial charge < -0.3 is 13.3 Å². The molecule has 0 atom stereocenters. The molecule has 6 nitrogen and oxygen atoms in total. The van der Waals surface area contributed by atoms with Crippen LogP contribution in [0.1, 0.15) is 48.5 Å². The van der Waals surface area contributed by atoms with E-state index in [9.17, 15) is 26.4 Å². The number of carbonyl (C=O) groups excluding carboxylic acids is 1. The summed E-state index contributed by atoms with van der Waals surface area (Å²) in [6.45, 7) is 13.4. The van der Waals surface area contributed by atoms with Gasteiger partial charge in [-0.2, -0.15) is 21.6 Å². The van der Waals surface area contributed by atoms with Crippen molar-refractivity contribution in [2.75, 3.05) is 0 Å². The van der Waals surface area contributed by atoms with Crippen molar-refractivity contribution in [3.8, 4) is 17.2 Å². The molecule has 1 aromatic heterocycles. The van der Waals surface area contributed by atoms with E-state index in [-0.39, 0.29) is 33.5 Å². The Kier molecular flexibility index (Phi) is 7.62. The molecule has 0 unspecified atom stereocenters. The number of hydrogen-bond donors (Lipinski definition) is 0. The van der Waals surface area contributed by atoms with Gasteiger partial charge in [-0.25, -0.2) is 0 Å². The maximum absolute atomic E-state index is 13.0. The van der Waals surface area contributed by atoms with Crippen molar-refractivity contribution in [3.63, 3.8) is 0 Å². The molecule has 0 aliphatic heterocycles. The summed E-state index contributed by atoms with van der Waals surface area (Å²) in [5.74, 6) is -1.19. The molecule has 0 bridgehead atoms. The van der Waals surface area contributed by atoms with Gasteiger partial charge in [-0.15, -0.1) is 11.3 Å². The molecular formula is C20H27F3O6S2Si. The molecule has 32 heavy (non-hydrogen) atoms. The molecule has 0 N–H and O–H groups in total. The van der Waals surface area contributed by atoms with Crippen LogP contribution in [0, 0.1) is 0 Å². The summed E-state index contributed by atoms with van der Waals surface area (Å²) in [6, 6.07) is 2.73. The van der Waals surface area contributed by atoms with Gasteiger partial charge in [0, 0.05) is 23.1 Å². The van der Waals surface area contributed by atoms with E-state index in [0.29, 0.717) is 4.70 Å². The molecule has 0 aliphatic carbocycles. The number of thiophene rings is 1. The number of alkyl halides is 3. The van der Waals surface area contributed by atoms with E-state index in [1.54, 1.807) is 6.07 Å². The average Bonchev–Trinajstić information content (AvgIpc) is 2.99. The lowest BCUT2D eigenvalue weighted by atomic mass is 10.2. The molecule has 1 heterocycles. The second kappa shape index (κ2) is 9.22. The molecule has 1 aromatic carbocycles. The zero-order chi connectivity index (χ0) is 24.6. The summed E-state index contributed by atoms with van der Waals surface area (Å²) in [4.78, 5) is 11.4. The van der Waals surface area contributed by atoms with Gasteiger partial charge in [-0.3, -0.25) is 4.79 Å². The minimum Gasteiger partial charge on any atom is -0.543 e. The van der Waals surface area contributed by atoms with Crippen LogP contribution in [0.3, 0.4) is 0 Å². The lowest BCUT2D eigenvalue weighted by molar-refractivity contribution is -0.131. The normalized spacial score (nSPS) is 13.3. The summed E-state index contributed by atoms with van der Waals surface area (Å²) in [7, 11) is -8.46. The van der Waals surface area contributed by atoms with Gasteiger partial charge in [0.2, 0.25) is 0 Å². The van der Waals surface area contributed by atoms with Gasteiger partial charge in [0.05, 0.1) is 5.39 Å². The maximum atomic E-state index is 13.0. The lowest BCUT2D eigenvalue weighted by Crippen LogP contribution is -2.50. The fraction of sp³-hybridized carbons (Fsp3) is 0.550. The fourth-order valence-electron chi connectivity index (χ4n) is 4.16. The number of fused-ring (bicyclic) bond motifs is 1. The van der Waals surface area contributed by atoms with Gasteiger partial charge in [-0.1, -0.05) is 41.5 Å². The Balaban J connectivity index is 2.74. The second-order valence-corrected chi connectivity index (χ2v) is 16.2. The Labute approximate surface area is 190 Å². The summed E-state index contributed by atoms with van der Waals surface area (Å²) in [6.07, 6.45) is 0. The molecule has 0 saturated heterocycles. The van der Waals surface area contributed by atoms with E-state index >= 15 is 0 Å². The number of ether oxygens (including phenoxy) is 1. The number of halogens is 3. The first kappa shape index (κ1) is 26.5. The Hall–Kier alpha value is -1.79. The topological polar surface area (TPSA) is 78.9 Å². The monoisotopic (exact) mass is 512 g/mol. The highest BCUT2D eigenvalue weighted by Gasteiger charge is 2.49. The molecule has 2 rings (SSSR count). The fourth-order valence-corrected chi connectivity index (χ4v) is 10.8. The molecule has 0 radical (unpaired) electrons. The quantitative estimate of drug-likeness (QED) is 0.171. The molecule has 0 aliphatic rings. The third-order valence-corrected chi connectivity index (χ3v) is 13.2. The van der Waals surface area contributed by atoms with Crippen LogP contribution in [-0.4, -0.2) is 28.2 Å². The molecule has 12 heteroatoms. The van der Waals surface area contributed by atoms with Crippen molar-refractivity contribution in [1.82, 2.24) is 0 Å². The molecule has 180 valence electrons. The number of esters is 1. The van der Waals surface area contributed by atoms with E-state index in [1.807, 2.05) is 41.5 Å². The Morgan fingerprint density at radius 3 is 1.97 bits per heavy atom. The van der Waals surface area contributed by atoms with Crippen LogP contribution in [0.2, 0.25) is 16.6 Å². The first-order chi connectivity index (χ1) is 14.5. The van der Waals surface area contributed by atoms with Gasteiger partial charge in [0.25, 0.3) is 8.32 Å². The molecule has 0 saturated carbocycles. The average molecular weight is 513 g/mol. The number of benzene rings is 1. The van der Waals surface area contributed by atoms with E-state index in [0.717, 1.165) is 24.3 Å². The Morgan fingerprint density at radius 1 is 1.00 bits per heavy atom.